The number of nitrogens with zero attached hydrogens (tertiary/aromatic N) is 5. The number of aromatic nitrogens is 3. The predicted octanol–water partition coefficient (Wildman–Crippen LogP) is 3.62. The van der Waals surface area contributed by atoms with Crippen molar-refractivity contribution in [1.82, 2.24) is 24.9 Å². The van der Waals surface area contributed by atoms with Crippen LogP contribution < -0.4 is 0 Å². The van der Waals surface area contributed by atoms with Crippen LogP contribution in [0.4, 0.5) is 0 Å². The molecular weight excluding hydrogens is 346 g/mol. The number of hydrogen-bond donors (Lipinski definition) is 0. The highest BCUT2D eigenvalue weighted by molar-refractivity contribution is 7.09. The van der Waals surface area contributed by atoms with Crippen LogP contribution in [-0.4, -0.2) is 51.6 Å². The van der Waals surface area contributed by atoms with E-state index in [9.17, 15) is 0 Å². The monoisotopic (exact) mass is 375 g/mol. The van der Waals surface area contributed by atoms with E-state index >= 15 is 0 Å². The van der Waals surface area contributed by atoms with E-state index in [-0.39, 0.29) is 5.92 Å². The summed E-state index contributed by atoms with van der Waals surface area (Å²) in [5.74, 6) is 1.91. The zero-order chi connectivity index (χ0) is 18.3. The summed E-state index contributed by atoms with van der Waals surface area (Å²) in [5.41, 5.74) is 3.55. The highest BCUT2D eigenvalue weighted by Crippen LogP contribution is 2.48. The zero-order valence-electron chi connectivity index (χ0n) is 16.2. The molecule has 0 radical (unpaired) electrons. The van der Waals surface area contributed by atoms with Gasteiger partial charge in [0.15, 0.2) is 5.82 Å². The van der Waals surface area contributed by atoms with E-state index < -0.39 is 0 Å². The Labute approximate surface area is 159 Å². The first-order chi connectivity index (χ1) is 12.5. The molecule has 1 atom stereocenters. The standard InChI is InChI=1S/C19H29N5OS/c1-13(2)18-21-17(22-25-18)15-9-19(11-23(15)4)5-7-24(8-6-19)10-16-14(3)20-12-26-16/h12-13,15H,5-11H2,1-4H3. The quantitative estimate of drug-likeness (QED) is 0.813. The lowest BCUT2D eigenvalue weighted by molar-refractivity contribution is 0.106. The Kier molecular flexibility index (Phi) is 4.88. The molecule has 7 heteroatoms. The van der Waals surface area contributed by atoms with Crippen LogP contribution >= 0.6 is 11.3 Å². The van der Waals surface area contributed by atoms with Crippen molar-refractivity contribution >= 4 is 11.3 Å². The van der Waals surface area contributed by atoms with Gasteiger partial charge >= 0.3 is 0 Å². The number of aryl methyl sites for hydroxylation is 1. The minimum Gasteiger partial charge on any atom is -0.339 e. The van der Waals surface area contributed by atoms with Crippen molar-refractivity contribution in [2.75, 3.05) is 26.7 Å². The van der Waals surface area contributed by atoms with E-state index in [1.54, 1.807) is 11.3 Å². The minimum absolute atomic E-state index is 0.287. The molecule has 0 aromatic carbocycles. The Balaban J connectivity index is 1.39. The molecule has 0 N–H and O–H groups in total. The van der Waals surface area contributed by atoms with Crippen LogP contribution in [0.2, 0.25) is 0 Å². The molecule has 4 heterocycles. The first-order valence-corrected chi connectivity index (χ1v) is 10.5. The van der Waals surface area contributed by atoms with E-state index in [4.69, 9.17) is 4.52 Å². The van der Waals surface area contributed by atoms with Gasteiger partial charge in [-0.05, 0) is 51.7 Å². The van der Waals surface area contributed by atoms with Crippen molar-refractivity contribution in [3.05, 3.63) is 27.8 Å². The fraction of sp³-hybridized carbons (Fsp3) is 0.737. The second kappa shape index (κ2) is 7.02. The van der Waals surface area contributed by atoms with Crippen molar-refractivity contribution < 1.29 is 4.52 Å². The largest absolute Gasteiger partial charge is 0.339 e. The highest BCUT2D eigenvalue weighted by atomic mass is 32.1. The second-order valence-corrected chi connectivity index (χ2v) is 9.36. The van der Waals surface area contributed by atoms with Gasteiger partial charge in [-0.15, -0.1) is 11.3 Å². The summed E-state index contributed by atoms with van der Waals surface area (Å²) in [6.45, 7) is 10.8. The van der Waals surface area contributed by atoms with Crippen LogP contribution in [0.3, 0.4) is 0 Å². The Morgan fingerprint density at radius 1 is 1.35 bits per heavy atom. The summed E-state index contributed by atoms with van der Waals surface area (Å²) in [6, 6.07) is 0.293. The number of piperidine rings is 1. The van der Waals surface area contributed by atoms with Gasteiger partial charge in [0.2, 0.25) is 5.89 Å². The molecule has 6 nitrogen and oxygen atoms in total. The Hall–Kier alpha value is -1.31. The normalized spacial score (nSPS) is 24.1. The molecule has 26 heavy (non-hydrogen) atoms. The smallest absolute Gasteiger partial charge is 0.229 e. The van der Waals surface area contributed by atoms with Crippen LogP contribution in [0.15, 0.2) is 10.0 Å². The van der Waals surface area contributed by atoms with Crippen LogP contribution in [0, 0.1) is 12.3 Å². The lowest BCUT2D eigenvalue weighted by Gasteiger charge is -2.39. The maximum atomic E-state index is 5.45. The van der Waals surface area contributed by atoms with E-state index in [1.807, 2.05) is 5.51 Å². The number of thiazole rings is 1. The van der Waals surface area contributed by atoms with Crippen LogP contribution in [0.25, 0.3) is 0 Å². The fourth-order valence-electron chi connectivity index (χ4n) is 4.40. The van der Waals surface area contributed by atoms with Gasteiger partial charge in [-0.1, -0.05) is 19.0 Å². The molecule has 2 fully saturated rings. The van der Waals surface area contributed by atoms with Crippen molar-refractivity contribution in [2.24, 2.45) is 5.41 Å². The first kappa shape index (κ1) is 18.1. The average Bonchev–Trinajstić information content (AvgIpc) is 3.30. The maximum Gasteiger partial charge on any atom is 0.229 e. The molecule has 2 aromatic heterocycles. The van der Waals surface area contributed by atoms with Gasteiger partial charge in [-0.2, -0.15) is 4.98 Å². The third-order valence-electron chi connectivity index (χ3n) is 6.12. The molecular formula is C19H29N5OS. The molecule has 2 aliphatic rings. The number of likely N-dealkylation sites (tertiary alicyclic amines) is 2. The molecule has 142 valence electrons. The van der Waals surface area contributed by atoms with Crippen LogP contribution in [-0.2, 0) is 6.54 Å². The Morgan fingerprint density at radius 2 is 2.12 bits per heavy atom. The molecule has 0 bridgehead atoms. The number of rotatable bonds is 4. The predicted molar refractivity (Wildman–Crippen MR) is 102 cm³/mol. The molecule has 1 spiro atoms. The summed E-state index contributed by atoms with van der Waals surface area (Å²) in [5, 5.41) is 4.28. The maximum absolute atomic E-state index is 5.45. The number of hydrogen-bond acceptors (Lipinski definition) is 7. The highest BCUT2D eigenvalue weighted by Gasteiger charge is 2.46. The average molecular weight is 376 g/mol. The minimum atomic E-state index is 0.287. The molecule has 2 saturated heterocycles. The zero-order valence-corrected chi connectivity index (χ0v) is 17.1. The van der Waals surface area contributed by atoms with Gasteiger partial charge < -0.3 is 4.52 Å². The molecule has 4 rings (SSSR count). The van der Waals surface area contributed by atoms with Gasteiger partial charge in [0.05, 0.1) is 17.2 Å². The molecule has 0 amide bonds. The van der Waals surface area contributed by atoms with E-state index in [1.165, 1.54) is 36.5 Å². The topological polar surface area (TPSA) is 58.3 Å². The fourth-order valence-corrected chi connectivity index (χ4v) is 5.22. The van der Waals surface area contributed by atoms with Gasteiger partial charge in [0.25, 0.3) is 0 Å². The molecule has 1 unspecified atom stereocenters. The summed E-state index contributed by atoms with van der Waals surface area (Å²) in [6.07, 6.45) is 3.65. The molecule has 2 aliphatic heterocycles. The Morgan fingerprint density at radius 3 is 2.73 bits per heavy atom. The molecule has 0 saturated carbocycles. The van der Waals surface area contributed by atoms with Gasteiger partial charge in [0.1, 0.15) is 0 Å². The SMILES string of the molecule is Cc1ncsc1CN1CCC2(CC1)CC(c1noc(C(C)C)n1)N(C)C2. The third-order valence-corrected chi connectivity index (χ3v) is 7.04. The molecule has 0 aliphatic carbocycles. The lowest BCUT2D eigenvalue weighted by Crippen LogP contribution is -2.40. The second-order valence-electron chi connectivity index (χ2n) is 8.42. The van der Waals surface area contributed by atoms with Crippen molar-refractivity contribution in [3.63, 3.8) is 0 Å². The lowest BCUT2D eigenvalue weighted by atomic mass is 9.76. The van der Waals surface area contributed by atoms with Gasteiger partial charge in [0, 0.05) is 23.9 Å². The van der Waals surface area contributed by atoms with Crippen molar-refractivity contribution in [3.8, 4) is 0 Å². The summed E-state index contributed by atoms with van der Waals surface area (Å²) >= 11 is 1.78. The van der Waals surface area contributed by atoms with E-state index in [0.717, 1.165) is 31.2 Å². The molecule has 2 aromatic rings. The Bertz CT molecular complexity index is 747. The van der Waals surface area contributed by atoms with Gasteiger partial charge in [-0.25, -0.2) is 4.98 Å². The van der Waals surface area contributed by atoms with Crippen molar-refractivity contribution in [2.45, 2.75) is 58.5 Å². The summed E-state index contributed by atoms with van der Waals surface area (Å²) in [4.78, 5) is 15.5. The van der Waals surface area contributed by atoms with E-state index in [0.29, 0.717) is 11.5 Å². The van der Waals surface area contributed by atoms with Crippen LogP contribution in [0.1, 0.15) is 67.4 Å². The summed E-state index contributed by atoms with van der Waals surface area (Å²) in [7, 11) is 2.21. The van der Waals surface area contributed by atoms with Crippen molar-refractivity contribution in [1.29, 1.82) is 0 Å². The summed E-state index contributed by atoms with van der Waals surface area (Å²) < 4.78 is 5.45. The van der Waals surface area contributed by atoms with Gasteiger partial charge in [-0.3, -0.25) is 9.80 Å². The van der Waals surface area contributed by atoms with Crippen LogP contribution in [0.5, 0.6) is 0 Å². The third kappa shape index (κ3) is 3.44. The first-order valence-electron chi connectivity index (χ1n) is 9.61. The van der Waals surface area contributed by atoms with E-state index in [2.05, 4.69) is 52.7 Å².